The number of hydrogen-bond donors (Lipinski definition) is 2. The molecule has 4 aliphatic carbocycles. The summed E-state index contributed by atoms with van der Waals surface area (Å²) in [6, 6.07) is 0. The van der Waals surface area contributed by atoms with E-state index >= 15 is 0 Å². The highest BCUT2D eigenvalue weighted by molar-refractivity contribution is 5.85. The number of nitrogens with zero attached hydrogens (tertiary/aromatic N) is 2. The van der Waals surface area contributed by atoms with Crippen LogP contribution < -0.4 is 5.32 Å². The third-order valence-electron chi connectivity index (χ3n) is 10.3. The van der Waals surface area contributed by atoms with E-state index in [0.29, 0.717) is 19.0 Å². The molecule has 0 aromatic heterocycles. The molecule has 1 amide bonds. The summed E-state index contributed by atoms with van der Waals surface area (Å²) < 4.78 is 0. The number of amides is 1. The van der Waals surface area contributed by atoms with Gasteiger partial charge in [-0.3, -0.25) is 4.84 Å². The number of aliphatic hydroxyl groups is 1. The van der Waals surface area contributed by atoms with Gasteiger partial charge in [-0.2, -0.15) is 0 Å². The molecule has 4 rings (SSSR count). The van der Waals surface area contributed by atoms with Crippen LogP contribution in [0.4, 0.5) is 4.79 Å². The zero-order chi connectivity index (χ0) is 24.5. The van der Waals surface area contributed by atoms with Gasteiger partial charge in [-0.05, 0) is 100 Å². The molecular formula is C28H47N3O3. The van der Waals surface area contributed by atoms with Gasteiger partial charge in [0, 0.05) is 25.6 Å². The first kappa shape index (κ1) is 25.7. The van der Waals surface area contributed by atoms with Gasteiger partial charge in [0.15, 0.2) is 0 Å². The van der Waals surface area contributed by atoms with Crippen LogP contribution in [0.3, 0.4) is 0 Å². The molecule has 0 radical (unpaired) electrons. The summed E-state index contributed by atoms with van der Waals surface area (Å²) in [6.45, 7) is 14.0. The highest BCUT2D eigenvalue weighted by Gasteiger charge is 2.59. The smallest absolute Gasteiger partial charge is 0.389 e. The van der Waals surface area contributed by atoms with Crippen molar-refractivity contribution in [2.24, 2.45) is 39.7 Å². The summed E-state index contributed by atoms with van der Waals surface area (Å²) >= 11 is 0. The fourth-order valence-electron chi connectivity index (χ4n) is 8.40. The Hall–Kier alpha value is -1.40. The Kier molecular flexibility index (Phi) is 7.78. The highest BCUT2D eigenvalue weighted by atomic mass is 16.7. The lowest BCUT2D eigenvalue weighted by molar-refractivity contribution is -0.0479. The summed E-state index contributed by atoms with van der Waals surface area (Å²) in [7, 11) is 0. The molecule has 192 valence electrons. The minimum absolute atomic E-state index is 0.238. The molecule has 0 unspecified atom stereocenters. The maximum atomic E-state index is 12.6. The number of hydrogen-bond acceptors (Lipinski definition) is 5. The average molecular weight is 474 g/mol. The first-order chi connectivity index (χ1) is 16.2. The van der Waals surface area contributed by atoms with Gasteiger partial charge in [0.05, 0.1) is 11.8 Å². The van der Waals surface area contributed by atoms with Crippen molar-refractivity contribution in [1.29, 1.82) is 0 Å². The molecule has 34 heavy (non-hydrogen) atoms. The number of aliphatic hydroxyl groups excluding tert-OH is 1. The van der Waals surface area contributed by atoms with Crippen molar-refractivity contribution in [3.05, 3.63) is 11.6 Å². The molecule has 3 saturated carbocycles. The predicted molar refractivity (Wildman–Crippen MR) is 137 cm³/mol. The van der Waals surface area contributed by atoms with Gasteiger partial charge in [0.2, 0.25) is 0 Å². The van der Waals surface area contributed by atoms with E-state index in [9.17, 15) is 9.90 Å². The van der Waals surface area contributed by atoms with Gasteiger partial charge in [-0.15, -0.1) is 0 Å². The van der Waals surface area contributed by atoms with Crippen molar-refractivity contribution in [3.63, 3.8) is 0 Å². The zero-order valence-corrected chi connectivity index (χ0v) is 22.1. The fraction of sp³-hybridized carbons (Fsp3) is 0.857. The molecule has 0 bridgehead atoms. The Labute approximate surface area is 206 Å². The first-order valence-corrected chi connectivity index (χ1v) is 13.8. The van der Waals surface area contributed by atoms with Crippen LogP contribution in [0, 0.1) is 34.5 Å². The normalized spacial score (nSPS) is 39.5. The molecule has 0 aliphatic heterocycles. The molecule has 2 N–H and O–H groups in total. The average Bonchev–Trinajstić information content (AvgIpc) is 3.18. The Morgan fingerprint density at radius 3 is 2.71 bits per heavy atom. The van der Waals surface area contributed by atoms with Crippen molar-refractivity contribution in [1.82, 2.24) is 10.2 Å². The quantitative estimate of drug-likeness (QED) is 0.171. The van der Waals surface area contributed by atoms with E-state index in [1.165, 1.54) is 31.3 Å². The lowest BCUT2D eigenvalue weighted by Gasteiger charge is -2.58. The SMILES string of the molecule is CCNCCN(CC)C(=O)O/N=C(\C)[C@H]1CC[C@H]2[C@@H]3CCC4=C[C@@H](O)CC[C@]4(C)[C@H]3CC[C@]12C. The molecule has 0 aromatic rings. The van der Waals surface area contributed by atoms with Crippen LogP contribution in [0.15, 0.2) is 16.8 Å². The molecule has 0 saturated heterocycles. The maximum absolute atomic E-state index is 12.6. The first-order valence-electron chi connectivity index (χ1n) is 13.8. The third-order valence-corrected chi connectivity index (χ3v) is 10.3. The second-order valence-corrected chi connectivity index (χ2v) is 11.8. The lowest BCUT2D eigenvalue weighted by Crippen LogP contribution is -2.51. The largest absolute Gasteiger partial charge is 0.436 e. The molecule has 0 spiro atoms. The van der Waals surface area contributed by atoms with E-state index in [-0.39, 0.29) is 23.0 Å². The predicted octanol–water partition coefficient (Wildman–Crippen LogP) is 5.37. The molecule has 0 heterocycles. The standard InChI is InChI=1S/C28H47N3O3/c1-6-29-16-17-31(7-2)26(33)34-30-19(3)23-10-11-24-22-9-8-20-18-21(32)12-14-27(20,4)25(22)13-15-28(23,24)5/h18,21-25,29,32H,6-17H2,1-5H3/b30-19+/t21-,22-,23+,24-,25-,27-,28+/m0/s1. The van der Waals surface area contributed by atoms with Crippen LogP contribution in [0.5, 0.6) is 0 Å². The maximum Gasteiger partial charge on any atom is 0.436 e. The van der Waals surface area contributed by atoms with E-state index in [0.717, 1.165) is 62.2 Å². The van der Waals surface area contributed by atoms with Gasteiger partial charge in [0.1, 0.15) is 0 Å². The van der Waals surface area contributed by atoms with Gasteiger partial charge >= 0.3 is 6.09 Å². The van der Waals surface area contributed by atoms with Gasteiger partial charge in [-0.1, -0.05) is 37.6 Å². The molecule has 0 aromatic carbocycles. The summed E-state index contributed by atoms with van der Waals surface area (Å²) in [5.74, 6) is 2.61. The number of allylic oxidation sites excluding steroid dienone is 1. The topological polar surface area (TPSA) is 74.2 Å². The molecule has 3 fully saturated rings. The van der Waals surface area contributed by atoms with Crippen LogP contribution in [0.2, 0.25) is 0 Å². The minimum Gasteiger partial charge on any atom is -0.389 e. The van der Waals surface area contributed by atoms with E-state index in [4.69, 9.17) is 4.84 Å². The van der Waals surface area contributed by atoms with Crippen LogP contribution in [-0.2, 0) is 4.84 Å². The van der Waals surface area contributed by atoms with Crippen LogP contribution >= 0.6 is 0 Å². The second kappa shape index (κ2) is 10.3. The van der Waals surface area contributed by atoms with E-state index in [1.807, 2.05) is 6.92 Å². The van der Waals surface area contributed by atoms with Crippen molar-refractivity contribution >= 4 is 11.8 Å². The fourth-order valence-corrected chi connectivity index (χ4v) is 8.40. The third kappa shape index (κ3) is 4.57. The van der Waals surface area contributed by atoms with E-state index < -0.39 is 0 Å². The summed E-state index contributed by atoms with van der Waals surface area (Å²) in [4.78, 5) is 19.7. The Morgan fingerprint density at radius 1 is 1.18 bits per heavy atom. The highest BCUT2D eigenvalue weighted by Crippen LogP contribution is 2.66. The Bertz CT molecular complexity index is 811. The molecule has 6 heteroatoms. The molecular weight excluding hydrogens is 426 g/mol. The number of carbonyl (C=O) groups is 1. The molecule has 4 aliphatic rings. The molecule has 6 nitrogen and oxygen atoms in total. The van der Waals surface area contributed by atoms with Crippen LogP contribution in [-0.4, -0.2) is 54.1 Å². The van der Waals surface area contributed by atoms with Crippen molar-refractivity contribution < 1.29 is 14.7 Å². The Morgan fingerprint density at radius 2 is 1.97 bits per heavy atom. The van der Waals surface area contributed by atoms with Gasteiger partial charge < -0.3 is 15.3 Å². The molecule has 7 atom stereocenters. The van der Waals surface area contributed by atoms with Crippen LogP contribution in [0.1, 0.15) is 86.0 Å². The monoisotopic (exact) mass is 473 g/mol. The number of carbonyl (C=O) groups excluding carboxylic acids is 1. The van der Waals surface area contributed by atoms with E-state index in [1.54, 1.807) is 4.90 Å². The second-order valence-electron chi connectivity index (χ2n) is 11.8. The summed E-state index contributed by atoms with van der Waals surface area (Å²) in [5.41, 5.74) is 3.03. The van der Waals surface area contributed by atoms with E-state index in [2.05, 4.69) is 44.2 Å². The lowest BCUT2D eigenvalue weighted by atomic mass is 9.46. The Balaban J connectivity index is 1.43. The minimum atomic E-state index is -0.345. The zero-order valence-electron chi connectivity index (χ0n) is 22.1. The number of rotatable bonds is 7. The van der Waals surface area contributed by atoms with Crippen molar-refractivity contribution in [2.45, 2.75) is 92.1 Å². The van der Waals surface area contributed by atoms with Gasteiger partial charge in [0.25, 0.3) is 0 Å². The number of nitrogens with one attached hydrogen (secondary N) is 1. The van der Waals surface area contributed by atoms with Crippen molar-refractivity contribution in [2.75, 3.05) is 26.2 Å². The van der Waals surface area contributed by atoms with Crippen LogP contribution in [0.25, 0.3) is 0 Å². The number of likely N-dealkylation sites (N-methyl/N-ethyl adjacent to an activating group) is 2. The number of oxime groups is 1. The summed E-state index contributed by atoms with van der Waals surface area (Å²) in [6.07, 6.45) is 10.9. The van der Waals surface area contributed by atoms with Gasteiger partial charge in [-0.25, -0.2) is 4.79 Å². The number of fused-ring (bicyclic) bond motifs is 5. The summed E-state index contributed by atoms with van der Waals surface area (Å²) in [5, 5.41) is 17.9. The van der Waals surface area contributed by atoms with Crippen molar-refractivity contribution in [3.8, 4) is 0 Å².